The molecule has 0 atom stereocenters. The SMILES string of the molecule is CCOC(=O)CC(=O)Nc1cccc(C)n1. The van der Waals surface area contributed by atoms with Crippen molar-refractivity contribution in [2.24, 2.45) is 0 Å². The van der Waals surface area contributed by atoms with Crippen LogP contribution in [-0.2, 0) is 14.3 Å². The Morgan fingerprint density at radius 3 is 2.81 bits per heavy atom. The second-order valence-corrected chi connectivity index (χ2v) is 3.19. The molecule has 1 amide bonds. The van der Waals surface area contributed by atoms with Crippen molar-refractivity contribution >= 4 is 17.7 Å². The van der Waals surface area contributed by atoms with E-state index in [-0.39, 0.29) is 13.0 Å². The molecule has 0 aliphatic rings. The summed E-state index contributed by atoms with van der Waals surface area (Å²) in [5.41, 5.74) is 0.800. The van der Waals surface area contributed by atoms with Crippen molar-refractivity contribution in [3.63, 3.8) is 0 Å². The molecule has 0 aliphatic heterocycles. The predicted octanol–water partition coefficient (Wildman–Crippen LogP) is 1.28. The van der Waals surface area contributed by atoms with Crippen molar-refractivity contribution in [1.82, 2.24) is 4.98 Å². The van der Waals surface area contributed by atoms with E-state index in [4.69, 9.17) is 0 Å². The third-order valence-corrected chi connectivity index (χ3v) is 1.77. The van der Waals surface area contributed by atoms with Gasteiger partial charge in [0.2, 0.25) is 5.91 Å². The van der Waals surface area contributed by atoms with Gasteiger partial charge in [-0.3, -0.25) is 9.59 Å². The number of ether oxygens (including phenoxy) is 1. The highest BCUT2D eigenvalue weighted by Crippen LogP contribution is 2.04. The van der Waals surface area contributed by atoms with Gasteiger partial charge in [0.25, 0.3) is 0 Å². The number of carbonyl (C=O) groups excluding carboxylic acids is 2. The van der Waals surface area contributed by atoms with Gasteiger partial charge in [0.1, 0.15) is 12.2 Å². The number of aromatic nitrogens is 1. The molecule has 5 heteroatoms. The van der Waals surface area contributed by atoms with Gasteiger partial charge in [-0.2, -0.15) is 0 Å². The number of rotatable bonds is 4. The van der Waals surface area contributed by atoms with Gasteiger partial charge in [-0.15, -0.1) is 0 Å². The van der Waals surface area contributed by atoms with Crippen molar-refractivity contribution in [3.8, 4) is 0 Å². The number of esters is 1. The maximum Gasteiger partial charge on any atom is 0.315 e. The molecule has 16 heavy (non-hydrogen) atoms. The first-order valence-corrected chi connectivity index (χ1v) is 5.01. The van der Waals surface area contributed by atoms with E-state index in [0.717, 1.165) is 5.69 Å². The molecule has 0 aromatic carbocycles. The minimum absolute atomic E-state index is 0.273. The average Bonchev–Trinajstić information content (AvgIpc) is 2.17. The van der Waals surface area contributed by atoms with Gasteiger partial charge >= 0.3 is 5.97 Å². The number of anilines is 1. The molecule has 1 aromatic rings. The van der Waals surface area contributed by atoms with Crippen LogP contribution in [0.15, 0.2) is 18.2 Å². The van der Waals surface area contributed by atoms with Crippen LogP contribution in [0.5, 0.6) is 0 Å². The van der Waals surface area contributed by atoms with Crippen LogP contribution < -0.4 is 5.32 Å². The van der Waals surface area contributed by atoms with Gasteiger partial charge in [-0.1, -0.05) is 6.07 Å². The van der Waals surface area contributed by atoms with Gasteiger partial charge < -0.3 is 10.1 Å². The zero-order valence-electron chi connectivity index (χ0n) is 9.32. The van der Waals surface area contributed by atoms with Crippen LogP contribution in [0, 0.1) is 6.92 Å². The number of nitrogens with one attached hydrogen (secondary N) is 1. The Balaban J connectivity index is 2.48. The number of nitrogens with zero attached hydrogens (tertiary/aromatic N) is 1. The summed E-state index contributed by atoms with van der Waals surface area (Å²) in [6.45, 7) is 3.79. The Bertz CT molecular complexity index is 391. The highest BCUT2D eigenvalue weighted by atomic mass is 16.5. The summed E-state index contributed by atoms with van der Waals surface area (Å²) in [5, 5.41) is 2.52. The van der Waals surface area contributed by atoms with Crippen molar-refractivity contribution in [1.29, 1.82) is 0 Å². The normalized spacial score (nSPS) is 9.62. The van der Waals surface area contributed by atoms with E-state index in [9.17, 15) is 9.59 Å². The van der Waals surface area contributed by atoms with E-state index < -0.39 is 11.9 Å². The summed E-state index contributed by atoms with van der Waals surface area (Å²) in [4.78, 5) is 26.4. The maximum absolute atomic E-state index is 11.4. The molecule has 0 spiro atoms. The smallest absolute Gasteiger partial charge is 0.315 e. The summed E-state index contributed by atoms with van der Waals surface area (Å²) >= 11 is 0. The lowest BCUT2D eigenvalue weighted by molar-refractivity contribution is -0.145. The van der Waals surface area contributed by atoms with Crippen LogP contribution in [0.2, 0.25) is 0 Å². The third-order valence-electron chi connectivity index (χ3n) is 1.77. The number of aryl methyl sites for hydroxylation is 1. The number of carbonyl (C=O) groups is 2. The maximum atomic E-state index is 11.4. The Labute approximate surface area is 93.8 Å². The number of hydrogen-bond donors (Lipinski definition) is 1. The lowest BCUT2D eigenvalue weighted by atomic mass is 10.3. The fourth-order valence-corrected chi connectivity index (χ4v) is 1.14. The van der Waals surface area contributed by atoms with Crippen LogP contribution in [0.3, 0.4) is 0 Å². The van der Waals surface area contributed by atoms with E-state index in [1.807, 2.05) is 13.0 Å². The monoisotopic (exact) mass is 222 g/mol. The summed E-state index contributed by atoms with van der Waals surface area (Å²) in [5.74, 6) is -0.515. The van der Waals surface area contributed by atoms with Gasteiger partial charge in [-0.25, -0.2) is 4.98 Å². The fourth-order valence-electron chi connectivity index (χ4n) is 1.14. The molecular weight excluding hydrogens is 208 g/mol. The summed E-state index contributed by atoms with van der Waals surface area (Å²) < 4.78 is 4.65. The number of pyridine rings is 1. The second kappa shape index (κ2) is 5.85. The first kappa shape index (κ1) is 12.2. The summed E-state index contributed by atoms with van der Waals surface area (Å²) in [7, 11) is 0. The molecule has 0 aliphatic carbocycles. The van der Waals surface area contributed by atoms with E-state index in [2.05, 4.69) is 15.0 Å². The number of amides is 1. The second-order valence-electron chi connectivity index (χ2n) is 3.19. The molecule has 1 N–H and O–H groups in total. The fraction of sp³-hybridized carbons (Fsp3) is 0.364. The Kier molecular flexibility index (Phi) is 4.44. The standard InChI is InChI=1S/C11H14N2O3/c1-3-16-11(15)7-10(14)13-9-6-4-5-8(2)12-9/h4-6H,3,7H2,1-2H3,(H,12,13,14). The van der Waals surface area contributed by atoms with Crippen molar-refractivity contribution in [2.75, 3.05) is 11.9 Å². The lowest BCUT2D eigenvalue weighted by Crippen LogP contribution is -2.18. The zero-order chi connectivity index (χ0) is 12.0. The largest absolute Gasteiger partial charge is 0.466 e. The molecule has 1 heterocycles. The minimum atomic E-state index is -0.535. The molecule has 0 radical (unpaired) electrons. The highest BCUT2D eigenvalue weighted by Gasteiger charge is 2.10. The molecule has 0 bridgehead atoms. The Hall–Kier alpha value is -1.91. The summed E-state index contributed by atoms with van der Waals surface area (Å²) in [6.07, 6.45) is -0.288. The number of hydrogen-bond acceptors (Lipinski definition) is 4. The quantitative estimate of drug-likeness (QED) is 0.615. The molecule has 0 saturated carbocycles. The van der Waals surface area contributed by atoms with Crippen LogP contribution in [-0.4, -0.2) is 23.5 Å². The van der Waals surface area contributed by atoms with Gasteiger partial charge in [0.15, 0.2) is 0 Å². The minimum Gasteiger partial charge on any atom is -0.466 e. The van der Waals surface area contributed by atoms with Crippen LogP contribution in [0.25, 0.3) is 0 Å². The molecule has 1 aromatic heterocycles. The molecule has 0 fully saturated rings. The van der Waals surface area contributed by atoms with E-state index in [1.165, 1.54) is 0 Å². The molecule has 5 nitrogen and oxygen atoms in total. The predicted molar refractivity (Wildman–Crippen MR) is 58.9 cm³/mol. The van der Waals surface area contributed by atoms with Crippen molar-refractivity contribution < 1.29 is 14.3 Å². The molecule has 1 rings (SSSR count). The molecule has 0 unspecified atom stereocenters. The molecule has 86 valence electrons. The molecule has 0 saturated heterocycles. The average molecular weight is 222 g/mol. The zero-order valence-corrected chi connectivity index (χ0v) is 9.32. The lowest BCUT2D eigenvalue weighted by Gasteiger charge is -2.04. The van der Waals surface area contributed by atoms with Gasteiger partial charge in [-0.05, 0) is 26.0 Å². The topological polar surface area (TPSA) is 68.3 Å². The molecular formula is C11H14N2O3. The van der Waals surface area contributed by atoms with E-state index >= 15 is 0 Å². The van der Waals surface area contributed by atoms with E-state index in [1.54, 1.807) is 19.1 Å². The first-order chi connectivity index (χ1) is 7.61. The van der Waals surface area contributed by atoms with Crippen molar-refractivity contribution in [2.45, 2.75) is 20.3 Å². The Morgan fingerprint density at radius 1 is 1.44 bits per heavy atom. The Morgan fingerprint density at radius 2 is 2.19 bits per heavy atom. The van der Waals surface area contributed by atoms with E-state index in [0.29, 0.717) is 5.82 Å². The van der Waals surface area contributed by atoms with Crippen LogP contribution in [0.4, 0.5) is 5.82 Å². The van der Waals surface area contributed by atoms with Crippen LogP contribution >= 0.6 is 0 Å². The summed E-state index contributed by atoms with van der Waals surface area (Å²) in [6, 6.07) is 5.26. The highest BCUT2D eigenvalue weighted by molar-refractivity contribution is 6.01. The first-order valence-electron chi connectivity index (χ1n) is 5.01. The van der Waals surface area contributed by atoms with Gasteiger partial charge in [0, 0.05) is 5.69 Å². The van der Waals surface area contributed by atoms with Crippen molar-refractivity contribution in [3.05, 3.63) is 23.9 Å². The third kappa shape index (κ3) is 4.08. The van der Waals surface area contributed by atoms with Crippen LogP contribution in [0.1, 0.15) is 19.0 Å². The van der Waals surface area contributed by atoms with Gasteiger partial charge in [0.05, 0.1) is 6.61 Å².